The molecule has 2 aromatic carbocycles. The first kappa shape index (κ1) is 22.0. The zero-order valence-electron chi connectivity index (χ0n) is 17.1. The van der Waals surface area contributed by atoms with Gasteiger partial charge in [0, 0.05) is 30.1 Å². The van der Waals surface area contributed by atoms with Gasteiger partial charge in [-0.1, -0.05) is 36.4 Å². The third-order valence-corrected chi connectivity index (χ3v) is 6.63. The van der Waals surface area contributed by atoms with Crippen molar-refractivity contribution in [1.82, 2.24) is 4.90 Å². The summed E-state index contributed by atoms with van der Waals surface area (Å²) in [7, 11) is 0. The van der Waals surface area contributed by atoms with Crippen LogP contribution in [0, 0.1) is 25.2 Å². The van der Waals surface area contributed by atoms with E-state index >= 15 is 0 Å². The van der Waals surface area contributed by atoms with Crippen LogP contribution in [0.15, 0.2) is 48.5 Å². The molecule has 0 aliphatic carbocycles. The van der Waals surface area contributed by atoms with Gasteiger partial charge in [0.25, 0.3) is 5.91 Å². The molecule has 0 bridgehead atoms. The van der Waals surface area contributed by atoms with Gasteiger partial charge in [-0.25, -0.2) is 0 Å². The van der Waals surface area contributed by atoms with Gasteiger partial charge in [-0.3, -0.25) is 9.69 Å². The summed E-state index contributed by atoms with van der Waals surface area (Å²) in [5.74, 6) is -0.163. The molecule has 0 saturated heterocycles. The number of carbonyl (C=O) groups excluding carboxylic acids is 1. The van der Waals surface area contributed by atoms with Crippen molar-refractivity contribution in [1.29, 1.82) is 5.26 Å². The SMILES string of the molecule is Cc1ccc(C(=O)Nc2sc3c(c2C#N)CCN(Cc2ccccc2)C3)cc1C.Cl. The Labute approximate surface area is 187 Å². The highest BCUT2D eigenvalue weighted by atomic mass is 35.5. The van der Waals surface area contributed by atoms with E-state index in [2.05, 4.69) is 40.6 Å². The van der Waals surface area contributed by atoms with Crippen LogP contribution in [0.4, 0.5) is 5.00 Å². The summed E-state index contributed by atoms with van der Waals surface area (Å²) >= 11 is 1.54. The Morgan fingerprint density at radius 1 is 1.17 bits per heavy atom. The van der Waals surface area contributed by atoms with Gasteiger partial charge in [0.2, 0.25) is 0 Å². The van der Waals surface area contributed by atoms with Crippen molar-refractivity contribution in [2.24, 2.45) is 0 Å². The van der Waals surface area contributed by atoms with Gasteiger partial charge in [0.1, 0.15) is 11.1 Å². The number of nitriles is 1. The van der Waals surface area contributed by atoms with Crippen LogP contribution in [0.3, 0.4) is 0 Å². The van der Waals surface area contributed by atoms with Crippen molar-refractivity contribution in [3.05, 3.63) is 86.8 Å². The zero-order valence-corrected chi connectivity index (χ0v) is 18.7. The lowest BCUT2D eigenvalue weighted by Gasteiger charge is -2.26. The molecule has 0 atom stereocenters. The lowest BCUT2D eigenvalue weighted by Crippen LogP contribution is -2.29. The monoisotopic (exact) mass is 437 g/mol. The van der Waals surface area contributed by atoms with E-state index in [1.807, 2.05) is 38.1 Å². The number of hydrogen-bond acceptors (Lipinski definition) is 4. The molecule has 30 heavy (non-hydrogen) atoms. The molecule has 0 saturated carbocycles. The first-order valence-electron chi connectivity index (χ1n) is 9.74. The van der Waals surface area contributed by atoms with Crippen molar-refractivity contribution < 1.29 is 4.79 Å². The molecule has 1 aromatic heterocycles. The van der Waals surface area contributed by atoms with Gasteiger partial charge >= 0.3 is 0 Å². The number of benzene rings is 2. The van der Waals surface area contributed by atoms with Gasteiger partial charge < -0.3 is 5.32 Å². The fraction of sp³-hybridized carbons (Fsp3) is 0.250. The number of anilines is 1. The minimum atomic E-state index is -0.163. The second-order valence-electron chi connectivity index (χ2n) is 7.52. The molecule has 1 aliphatic heterocycles. The lowest BCUT2D eigenvalue weighted by atomic mass is 10.0. The quantitative estimate of drug-likeness (QED) is 0.588. The van der Waals surface area contributed by atoms with Crippen LogP contribution in [-0.4, -0.2) is 17.4 Å². The number of fused-ring (bicyclic) bond motifs is 1. The van der Waals surface area contributed by atoms with E-state index in [1.54, 1.807) is 0 Å². The van der Waals surface area contributed by atoms with Gasteiger partial charge in [0.05, 0.1) is 5.56 Å². The average Bonchev–Trinajstić information content (AvgIpc) is 3.06. The molecule has 0 spiro atoms. The minimum Gasteiger partial charge on any atom is -0.312 e. The summed E-state index contributed by atoms with van der Waals surface area (Å²) in [5, 5.41) is 13.4. The standard InChI is InChI=1S/C24H23N3OS.ClH/c1-16-8-9-19(12-17(16)2)23(28)26-24-21(13-25)20-10-11-27(15-22(20)29-24)14-18-6-4-3-5-7-18;/h3-9,12H,10-11,14-15H2,1-2H3,(H,26,28);1H. The second kappa shape index (κ2) is 9.44. The minimum absolute atomic E-state index is 0. The molecular weight excluding hydrogens is 414 g/mol. The van der Waals surface area contributed by atoms with Crippen LogP contribution < -0.4 is 5.32 Å². The summed E-state index contributed by atoms with van der Waals surface area (Å²) < 4.78 is 0. The summed E-state index contributed by atoms with van der Waals surface area (Å²) in [6.45, 7) is 6.64. The van der Waals surface area contributed by atoms with E-state index in [4.69, 9.17) is 0 Å². The molecular formula is C24H24ClN3OS. The maximum atomic E-state index is 12.7. The number of rotatable bonds is 4. The lowest BCUT2D eigenvalue weighted by molar-refractivity contribution is 0.102. The Kier molecular flexibility index (Phi) is 6.94. The van der Waals surface area contributed by atoms with Gasteiger partial charge in [-0.15, -0.1) is 23.7 Å². The Morgan fingerprint density at radius 2 is 1.93 bits per heavy atom. The van der Waals surface area contributed by atoms with Crippen molar-refractivity contribution >= 4 is 34.7 Å². The predicted molar refractivity (Wildman–Crippen MR) is 124 cm³/mol. The van der Waals surface area contributed by atoms with E-state index in [1.165, 1.54) is 21.8 Å². The topological polar surface area (TPSA) is 56.1 Å². The largest absolute Gasteiger partial charge is 0.312 e. The molecule has 6 heteroatoms. The van der Waals surface area contributed by atoms with Crippen LogP contribution in [-0.2, 0) is 19.5 Å². The molecule has 4 nitrogen and oxygen atoms in total. The maximum Gasteiger partial charge on any atom is 0.256 e. The maximum absolute atomic E-state index is 12.7. The smallest absolute Gasteiger partial charge is 0.256 e. The molecule has 3 aromatic rings. The second-order valence-corrected chi connectivity index (χ2v) is 8.62. The summed E-state index contributed by atoms with van der Waals surface area (Å²) in [5.41, 5.74) is 5.87. The number of hydrogen-bond donors (Lipinski definition) is 1. The van der Waals surface area contributed by atoms with Crippen LogP contribution in [0.5, 0.6) is 0 Å². The predicted octanol–water partition coefficient (Wildman–Crippen LogP) is 5.47. The van der Waals surface area contributed by atoms with Crippen molar-refractivity contribution in [3.63, 3.8) is 0 Å². The van der Waals surface area contributed by atoms with Gasteiger partial charge in [0.15, 0.2) is 0 Å². The van der Waals surface area contributed by atoms with E-state index in [0.29, 0.717) is 16.1 Å². The zero-order chi connectivity index (χ0) is 20.4. The molecule has 0 radical (unpaired) electrons. The van der Waals surface area contributed by atoms with Crippen LogP contribution in [0.25, 0.3) is 0 Å². The van der Waals surface area contributed by atoms with E-state index in [0.717, 1.165) is 42.7 Å². The van der Waals surface area contributed by atoms with Crippen LogP contribution in [0.1, 0.15) is 43.1 Å². The summed E-state index contributed by atoms with van der Waals surface area (Å²) in [4.78, 5) is 16.3. The fourth-order valence-corrected chi connectivity index (χ4v) is 4.93. The molecule has 2 heterocycles. The normalized spacial score (nSPS) is 13.1. The van der Waals surface area contributed by atoms with Crippen molar-refractivity contribution in [3.8, 4) is 6.07 Å². The highest BCUT2D eigenvalue weighted by Crippen LogP contribution is 2.37. The average molecular weight is 438 g/mol. The third kappa shape index (κ3) is 4.57. The Bertz CT molecular complexity index is 1100. The molecule has 1 N–H and O–H groups in total. The highest BCUT2D eigenvalue weighted by molar-refractivity contribution is 7.16. The van der Waals surface area contributed by atoms with E-state index < -0.39 is 0 Å². The molecule has 154 valence electrons. The number of aryl methyl sites for hydroxylation is 2. The van der Waals surface area contributed by atoms with Gasteiger partial charge in [-0.2, -0.15) is 5.26 Å². The number of carbonyl (C=O) groups is 1. The Hall–Kier alpha value is -2.65. The summed E-state index contributed by atoms with van der Waals surface area (Å²) in [6, 6.07) is 18.4. The fourth-order valence-electron chi connectivity index (χ4n) is 3.70. The van der Waals surface area contributed by atoms with Crippen LogP contribution in [0.2, 0.25) is 0 Å². The molecule has 0 fully saturated rings. The molecule has 0 unspecified atom stereocenters. The van der Waals surface area contributed by atoms with Gasteiger partial charge in [-0.05, 0) is 54.7 Å². The first-order valence-corrected chi connectivity index (χ1v) is 10.6. The number of nitrogens with zero attached hydrogens (tertiary/aromatic N) is 2. The van der Waals surface area contributed by atoms with Crippen LogP contribution >= 0.6 is 23.7 Å². The van der Waals surface area contributed by atoms with Crippen molar-refractivity contribution in [2.45, 2.75) is 33.4 Å². The molecule has 1 aliphatic rings. The molecule has 1 amide bonds. The van der Waals surface area contributed by atoms with Crippen molar-refractivity contribution in [2.75, 3.05) is 11.9 Å². The summed E-state index contributed by atoms with van der Waals surface area (Å²) in [6.07, 6.45) is 0.834. The van der Waals surface area contributed by atoms with E-state index in [-0.39, 0.29) is 18.3 Å². The number of amides is 1. The Balaban J connectivity index is 0.00000256. The number of halogens is 1. The molecule has 4 rings (SSSR count). The Morgan fingerprint density at radius 3 is 2.63 bits per heavy atom. The number of nitrogens with one attached hydrogen (secondary N) is 1. The first-order chi connectivity index (χ1) is 14.0. The number of thiophene rings is 1. The van der Waals surface area contributed by atoms with E-state index in [9.17, 15) is 10.1 Å². The third-order valence-electron chi connectivity index (χ3n) is 5.49. The highest BCUT2D eigenvalue weighted by Gasteiger charge is 2.25.